The van der Waals surface area contributed by atoms with Crippen molar-refractivity contribution in [3.8, 4) is 5.75 Å². The first-order valence-electron chi connectivity index (χ1n) is 5.07. The summed E-state index contributed by atoms with van der Waals surface area (Å²) in [6.45, 7) is 0. The van der Waals surface area contributed by atoms with Crippen molar-refractivity contribution in [1.29, 1.82) is 0 Å². The van der Waals surface area contributed by atoms with Gasteiger partial charge in [0.05, 0.1) is 12.7 Å². The van der Waals surface area contributed by atoms with Gasteiger partial charge in [0.2, 0.25) is 5.78 Å². The number of Topliss-reactive ketones (excluding diaryl/α,β-unsaturated/α-hetero) is 1. The Balaban J connectivity index is 3.37. The Morgan fingerprint density at radius 2 is 1.57 bits per heavy atom. The minimum Gasteiger partial charge on any atom is -0.496 e. The molecule has 10 heteroatoms. The summed E-state index contributed by atoms with van der Waals surface area (Å²) < 4.78 is 105. The molecule has 0 amide bonds. The molecule has 0 aliphatic rings. The van der Waals surface area contributed by atoms with Crippen LogP contribution >= 0.6 is 0 Å². The van der Waals surface area contributed by atoms with E-state index in [4.69, 9.17) is 0 Å². The summed E-state index contributed by atoms with van der Waals surface area (Å²) in [5, 5.41) is 0. The van der Waals surface area contributed by atoms with Crippen LogP contribution in [0.15, 0.2) is 18.2 Å². The van der Waals surface area contributed by atoms with Crippen LogP contribution in [0.1, 0.15) is 10.4 Å². The smallest absolute Gasteiger partial charge is 0.460 e. The molecule has 0 atom stereocenters. The molecule has 1 aromatic rings. The number of ketones is 1. The standard InChI is InChI=1S/C11H6F8O2/c1-21-7-4-5(12)2-3-6(7)8(20)9(13,14)10(15,16)11(17,18)19/h2-4H,1H3. The second-order valence-corrected chi connectivity index (χ2v) is 3.82. The Kier molecular flexibility index (Phi) is 4.22. The monoisotopic (exact) mass is 322 g/mol. The largest absolute Gasteiger partial charge is 0.496 e. The minimum absolute atomic E-state index is 0.330. The second-order valence-electron chi connectivity index (χ2n) is 3.82. The van der Waals surface area contributed by atoms with Gasteiger partial charge in [-0.15, -0.1) is 0 Å². The van der Waals surface area contributed by atoms with Gasteiger partial charge in [-0.2, -0.15) is 30.7 Å². The molecule has 1 aromatic carbocycles. The van der Waals surface area contributed by atoms with Crippen LogP contribution in [0.3, 0.4) is 0 Å². The van der Waals surface area contributed by atoms with Crippen LogP contribution in [-0.2, 0) is 0 Å². The lowest BCUT2D eigenvalue weighted by Crippen LogP contribution is -2.56. The third-order valence-electron chi connectivity index (χ3n) is 2.44. The zero-order valence-corrected chi connectivity index (χ0v) is 10.1. The second kappa shape index (κ2) is 5.15. The molecular formula is C11H6F8O2. The van der Waals surface area contributed by atoms with Crippen LogP contribution in [0.5, 0.6) is 5.75 Å². The molecule has 0 N–H and O–H groups in total. The molecule has 2 nitrogen and oxygen atoms in total. The van der Waals surface area contributed by atoms with E-state index in [0.717, 1.165) is 7.11 Å². The Morgan fingerprint density at radius 1 is 1.05 bits per heavy atom. The maximum absolute atomic E-state index is 13.2. The van der Waals surface area contributed by atoms with Gasteiger partial charge in [0.1, 0.15) is 11.6 Å². The fourth-order valence-electron chi connectivity index (χ4n) is 1.34. The highest BCUT2D eigenvalue weighted by Gasteiger charge is 2.76. The van der Waals surface area contributed by atoms with E-state index in [-0.39, 0.29) is 0 Å². The maximum atomic E-state index is 13.2. The summed E-state index contributed by atoms with van der Waals surface area (Å²) in [5.74, 6) is -17.4. The fourth-order valence-corrected chi connectivity index (χ4v) is 1.34. The predicted octanol–water partition coefficient (Wildman–Crippen LogP) is 3.85. The third-order valence-corrected chi connectivity index (χ3v) is 2.44. The van der Waals surface area contributed by atoms with Crippen molar-refractivity contribution in [1.82, 2.24) is 0 Å². The number of carbonyl (C=O) groups excluding carboxylic acids is 1. The summed E-state index contributed by atoms with van der Waals surface area (Å²) in [6.07, 6.45) is -6.64. The number of ether oxygens (including phenoxy) is 1. The number of halogens is 8. The van der Waals surface area contributed by atoms with E-state index in [2.05, 4.69) is 4.74 Å². The summed E-state index contributed by atoms with van der Waals surface area (Å²) in [7, 11) is 0.797. The van der Waals surface area contributed by atoms with Crippen LogP contribution in [0.2, 0.25) is 0 Å². The lowest BCUT2D eigenvalue weighted by Gasteiger charge is -2.27. The van der Waals surface area contributed by atoms with Crippen LogP contribution in [0, 0.1) is 5.82 Å². The molecule has 0 radical (unpaired) electrons. The Morgan fingerprint density at radius 3 is 2.00 bits per heavy atom. The average Bonchev–Trinajstić information content (AvgIpc) is 2.36. The van der Waals surface area contributed by atoms with Crippen molar-refractivity contribution in [2.24, 2.45) is 0 Å². The molecule has 0 saturated heterocycles. The van der Waals surface area contributed by atoms with E-state index in [0.29, 0.717) is 18.2 Å². The summed E-state index contributed by atoms with van der Waals surface area (Å²) in [5.41, 5.74) is -1.30. The highest BCUT2D eigenvalue weighted by molar-refractivity contribution is 6.04. The van der Waals surface area contributed by atoms with Gasteiger partial charge in [-0.05, 0) is 12.1 Å². The summed E-state index contributed by atoms with van der Waals surface area (Å²) >= 11 is 0. The number of alkyl halides is 7. The molecule has 0 fully saturated rings. The van der Waals surface area contributed by atoms with E-state index in [9.17, 15) is 39.9 Å². The van der Waals surface area contributed by atoms with Gasteiger partial charge in [0, 0.05) is 6.07 Å². The SMILES string of the molecule is COc1cc(F)ccc1C(=O)C(F)(F)C(F)(F)C(F)(F)F. The van der Waals surface area contributed by atoms with E-state index < -0.39 is 40.9 Å². The van der Waals surface area contributed by atoms with Crippen molar-refractivity contribution in [2.45, 2.75) is 18.0 Å². The molecule has 0 aromatic heterocycles. The van der Waals surface area contributed by atoms with E-state index in [1.807, 2.05) is 0 Å². The first-order chi connectivity index (χ1) is 9.36. The molecule has 0 bridgehead atoms. The zero-order valence-electron chi connectivity index (χ0n) is 10.1. The third kappa shape index (κ3) is 2.79. The first-order valence-corrected chi connectivity index (χ1v) is 5.07. The van der Waals surface area contributed by atoms with Gasteiger partial charge in [-0.25, -0.2) is 4.39 Å². The van der Waals surface area contributed by atoms with Crippen molar-refractivity contribution < 1.29 is 44.7 Å². The Bertz CT molecular complexity index is 550. The maximum Gasteiger partial charge on any atom is 0.460 e. The summed E-state index contributed by atoms with van der Waals surface area (Å²) in [6, 6.07) is 1.17. The van der Waals surface area contributed by atoms with Gasteiger partial charge < -0.3 is 4.74 Å². The van der Waals surface area contributed by atoms with E-state index in [1.165, 1.54) is 0 Å². The minimum atomic E-state index is -6.64. The number of hydrogen-bond donors (Lipinski definition) is 0. The van der Waals surface area contributed by atoms with E-state index >= 15 is 0 Å². The molecule has 0 unspecified atom stereocenters. The fraction of sp³-hybridized carbons (Fsp3) is 0.364. The number of methoxy groups -OCH3 is 1. The number of benzene rings is 1. The lowest BCUT2D eigenvalue weighted by molar-refractivity contribution is -0.339. The van der Waals surface area contributed by atoms with Gasteiger partial charge in [-0.3, -0.25) is 4.79 Å². The first kappa shape index (κ1) is 17.2. The molecule has 1 rings (SSSR count). The average molecular weight is 322 g/mol. The van der Waals surface area contributed by atoms with E-state index in [1.54, 1.807) is 0 Å². The van der Waals surface area contributed by atoms with Crippen molar-refractivity contribution >= 4 is 5.78 Å². The predicted molar refractivity (Wildman–Crippen MR) is 53.2 cm³/mol. The van der Waals surface area contributed by atoms with Crippen LogP contribution in [-0.4, -0.2) is 30.9 Å². The normalized spacial score (nSPS) is 13.2. The topological polar surface area (TPSA) is 26.3 Å². The lowest BCUT2D eigenvalue weighted by atomic mass is 9.99. The highest BCUT2D eigenvalue weighted by Crippen LogP contribution is 2.48. The number of rotatable bonds is 4. The highest BCUT2D eigenvalue weighted by atomic mass is 19.4. The Labute approximate surface area is 112 Å². The van der Waals surface area contributed by atoms with Gasteiger partial charge in [0.15, 0.2) is 0 Å². The molecule has 118 valence electrons. The molecule has 0 aliphatic carbocycles. The quantitative estimate of drug-likeness (QED) is 0.622. The van der Waals surface area contributed by atoms with Gasteiger partial charge in [-0.1, -0.05) is 0 Å². The zero-order chi connectivity index (χ0) is 16.6. The Hall–Kier alpha value is -1.87. The number of hydrogen-bond acceptors (Lipinski definition) is 2. The van der Waals surface area contributed by atoms with Crippen molar-refractivity contribution in [3.05, 3.63) is 29.6 Å². The molecule has 0 spiro atoms. The molecule has 0 saturated carbocycles. The van der Waals surface area contributed by atoms with Crippen molar-refractivity contribution in [2.75, 3.05) is 7.11 Å². The molecule has 0 aliphatic heterocycles. The molecule has 0 heterocycles. The van der Waals surface area contributed by atoms with Crippen LogP contribution < -0.4 is 4.74 Å². The number of carbonyl (C=O) groups is 1. The molecule has 21 heavy (non-hydrogen) atoms. The summed E-state index contributed by atoms with van der Waals surface area (Å²) in [4.78, 5) is 11.3. The molecular weight excluding hydrogens is 316 g/mol. The van der Waals surface area contributed by atoms with Crippen molar-refractivity contribution in [3.63, 3.8) is 0 Å². The van der Waals surface area contributed by atoms with Gasteiger partial charge >= 0.3 is 18.0 Å². The van der Waals surface area contributed by atoms with Crippen LogP contribution in [0.4, 0.5) is 35.1 Å². The van der Waals surface area contributed by atoms with Gasteiger partial charge in [0.25, 0.3) is 0 Å². The van der Waals surface area contributed by atoms with Crippen LogP contribution in [0.25, 0.3) is 0 Å².